The van der Waals surface area contributed by atoms with Gasteiger partial charge < -0.3 is 0 Å². The van der Waals surface area contributed by atoms with E-state index < -0.39 is 15.9 Å². The Hall–Kier alpha value is -2.26. The number of nitrogens with zero attached hydrogens (tertiary/aromatic N) is 1. The van der Waals surface area contributed by atoms with Crippen LogP contribution in [-0.4, -0.2) is 26.4 Å². The predicted octanol–water partition coefficient (Wildman–Crippen LogP) is 3.55. The Kier molecular flexibility index (Phi) is 5.91. The molecule has 0 aliphatic rings. The normalized spacial score (nSPS) is 11.3. The highest BCUT2D eigenvalue weighted by atomic mass is 35.5. The third kappa shape index (κ3) is 4.72. The molecule has 1 aromatic heterocycles. The van der Waals surface area contributed by atoms with Crippen molar-refractivity contribution in [2.24, 2.45) is 0 Å². The van der Waals surface area contributed by atoms with Crippen molar-refractivity contribution in [1.82, 2.24) is 9.71 Å². The Morgan fingerprint density at radius 3 is 2.70 bits per heavy atom. The third-order valence-corrected chi connectivity index (χ3v) is 6.47. The maximum atomic E-state index is 12.4. The zero-order valence-corrected chi connectivity index (χ0v) is 16.7. The molecule has 0 radical (unpaired) electrons. The smallest absolute Gasteiger partial charge is 0.257 e. The van der Waals surface area contributed by atoms with E-state index in [0.717, 1.165) is 10.4 Å². The van der Waals surface area contributed by atoms with Crippen LogP contribution in [0.4, 0.5) is 5.13 Å². The second kappa shape index (κ2) is 8.18. The van der Waals surface area contributed by atoms with Crippen LogP contribution in [0.3, 0.4) is 0 Å². The SMILES string of the molecule is CNS(=O)(=O)c1cccc(C(=O)Nc2ncc(Cc3ccccc3Cl)s2)c1. The number of rotatable bonds is 6. The second-order valence-corrected chi connectivity index (χ2v) is 9.00. The van der Waals surface area contributed by atoms with E-state index in [9.17, 15) is 13.2 Å². The standard InChI is InChI=1S/C18H16ClN3O3S2/c1-20-27(24,25)15-7-4-6-13(10-15)17(23)22-18-21-11-14(26-18)9-12-5-2-3-8-16(12)19/h2-8,10-11,20H,9H2,1H3,(H,21,22,23). The number of carbonyl (C=O) groups is 1. The minimum atomic E-state index is -3.62. The fourth-order valence-electron chi connectivity index (χ4n) is 2.37. The van der Waals surface area contributed by atoms with Gasteiger partial charge >= 0.3 is 0 Å². The number of anilines is 1. The lowest BCUT2D eigenvalue weighted by atomic mass is 10.1. The van der Waals surface area contributed by atoms with Gasteiger partial charge in [-0.2, -0.15) is 0 Å². The van der Waals surface area contributed by atoms with Crippen molar-refractivity contribution < 1.29 is 13.2 Å². The molecule has 1 heterocycles. The van der Waals surface area contributed by atoms with Gasteiger partial charge in [0.05, 0.1) is 4.90 Å². The number of benzene rings is 2. The minimum Gasteiger partial charge on any atom is -0.298 e. The summed E-state index contributed by atoms with van der Waals surface area (Å²) in [7, 11) is -2.30. The molecular formula is C18H16ClN3O3S2. The Labute approximate surface area is 166 Å². The molecule has 0 saturated heterocycles. The van der Waals surface area contributed by atoms with Crippen LogP contribution >= 0.6 is 22.9 Å². The first kappa shape index (κ1) is 19.5. The van der Waals surface area contributed by atoms with Crippen LogP contribution in [0.5, 0.6) is 0 Å². The van der Waals surface area contributed by atoms with Crippen molar-refractivity contribution >= 4 is 44.0 Å². The first-order chi connectivity index (χ1) is 12.9. The lowest BCUT2D eigenvalue weighted by Crippen LogP contribution is -2.19. The van der Waals surface area contributed by atoms with Crippen molar-refractivity contribution in [1.29, 1.82) is 0 Å². The zero-order valence-electron chi connectivity index (χ0n) is 14.3. The maximum Gasteiger partial charge on any atom is 0.257 e. The molecule has 2 N–H and O–H groups in total. The molecule has 6 nitrogen and oxygen atoms in total. The van der Waals surface area contributed by atoms with Gasteiger partial charge in [0, 0.05) is 28.1 Å². The Morgan fingerprint density at radius 1 is 1.19 bits per heavy atom. The molecule has 140 valence electrons. The summed E-state index contributed by atoms with van der Waals surface area (Å²) in [4.78, 5) is 17.6. The summed E-state index contributed by atoms with van der Waals surface area (Å²) in [5.74, 6) is -0.429. The molecule has 2 aromatic carbocycles. The van der Waals surface area contributed by atoms with Crippen LogP contribution in [0.1, 0.15) is 20.8 Å². The maximum absolute atomic E-state index is 12.4. The van der Waals surface area contributed by atoms with E-state index in [0.29, 0.717) is 16.6 Å². The van der Waals surface area contributed by atoms with E-state index in [1.807, 2.05) is 24.3 Å². The number of carbonyl (C=O) groups excluding carboxylic acids is 1. The van der Waals surface area contributed by atoms with Crippen molar-refractivity contribution in [3.8, 4) is 0 Å². The van der Waals surface area contributed by atoms with E-state index in [2.05, 4.69) is 15.0 Å². The fraction of sp³-hybridized carbons (Fsp3) is 0.111. The molecule has 0 bridgehead atoms. The molecule has 9 heteroatoms. The van der Waals surface area contributed by atoms with Gasteiger partial charge in [0.1, 0.15) is 0 Å². The molecular weight excluding hydrogens is 406 g/mol. The monoisotopic (exact) mass is 421 g/mol. The topological polar surface area (TPSA) is 88.2 Å². The first-order valence-corrected chi connectivity index (χ1v) is 10.6. The van der Waals surface area contributed by atoms with Gasteiger partial charge in [-0.3, -0.25) is 10.1 Å². The van der Waals surface area contributed by atoms with Crippen LogP contribution in [0, 0.1) is 0 Å². The highest BCUT2D eigenvalue weighted by Gasteiger charge is 2.15. The molecule has 3 rings (SSSR count). The molecule has 0 unspecified atom stereocenters. The number of halogens is 1. The van der Waals surface area contributed by atoms with E-state index in [1.165, 1.54) is 36.6 Å². The van der Waals surface area contributed by atoms with E-state index in [1.54, 1.807) is 12.3 Å². The number of hydrogen-bond acceptors (Lipinski definition) is 5. The van der Waals surface area contributed by atoms with Gasteiger partial charge in [-0.05, 0) is 36.9 Å². The second-order valence-electron chi connectivity index (χ2n) is 5.59. The quantitative estimate of drug-likeness (QED) is 0.637. The third-order valence-electron chi connectivity index (χ3n) is 3.77. The van der Waals surface area contributed by atoms with Crippen molar-refractivity contribution in [3.05, 3.63) is 75.8 Å². The fourth-order valence-corrected chi connectivity index (χ4v) is 4.18. The van der Waals surface area contributed by atoms with Crippen molar-refractivity contribution in [3.63, 3.8) is 0 Å². The molecule has 0 aliphatic heterocycles. The van der Waals surface area contributed by atoms with E-state index >= 15 is 0 Å². The molecule has 0 atom stereocenters. The van der Waals surface area contributed by atoms with E-state index in [-0.39, 0.29) is 10.5 Å². The van der Waals surface area contributed by atoms with Gasteiger partial charge in [0.25, 0.3) is 5.91 Å². The number of aromatic nitrogens is 1. The van der Waals surface area contributed by atoms with Crippen LogP contribution in [0.25, 0.3) is 0 Å². The average Bonchev–Trinajstić information content (AvgIpc) is 3.10. The number of hydrogen-bond donors (Lipinski definition) is 2. The summed E-state index contributed by atoms with van der Waals surface area (Å²) in [6.07, 6.45) is 2.30. The van der Waals surface area contributed by atoms with Crippen molar-refractivity contribution in [2.75, 3.05) is 12.4 Å². The van der Waals surface area contributed by atoms with Gasteiger partial charge in [0.15, 0.2) is 5.13 Å². The van der Waals surface area contributed by atoms with Gasteiger partial charge in [0.2, 0.25) is 10.0 Å². The Morgan fingerprint density at radius 2 is 1.96 bits per heavy atom. The molecule has 0 spiro atoms. The molecule has 3 aromatic rings. The lowest BCUT2D eigenvalue weighted by molar-refractivity contribution is 0.102. The summed E-state index contributed by atoms with van der Waals surface area (Å²) >= 11 is 7.51. The number of sulfonamides is 1. The van der Waals surface area contributed by atoms with Gasteiger partial charge in [-0.25, -0.2) is 18.1 Å². The summed E-state index contributed by atoms with van der Waals surface area (Å²) in [5, 5.41) is 3.81. The summed E-state index contributed by atoms with van der Waals surface area (Å²) in [5.41, 5.74) is 1.21. The summed E-state index contributed by atoms with van der Waals surface area (Å²) < 4.78 is 26.0. The summed E-state index contributed by atoms with van der Waals surface area (Å²) in [6, 6.07) is 13.4. The van der Waals surface area contributed by atoms with Crippen LogP contribution in [-0.2, 0) is 16.4 Å². The number of thiazole rings is 1. The lowest BCUT2D eigenvalue weighted by Gasteiger charge is -2.05. The van der Waals surface area contributed by atoms with Crippen LogP contribution in [0.2, 0.25) is 5.02 Å². The first-order valence-electron chi connectivity index (χ1n) is 7.92. The highest BCUT2D eigenvalue weighted by Crippen LogP contribution is 2.25. The molecule has 0 aliphatic carbocycles. The number of nitrogens with one attached hydrogen (secondary N) is 2. The predicted molar refractivity (Wildman–Crippen MR) is 107 cm³/mol. The van der Waals surface area contributed by atoms with Crippen LogP contribution in [0.15, 0.2) is 59.6 Å². The molecule has 1 amide bonds. The Balaban J connectivity index is 1.73. The van der Waals surface area contributed by atoms with Crippen LogP contribution < -0.4 is 10.0 Å². The van der Waals surface area contributed by atoms with Crippen molar-refractivity contribution in [2.45, 2.75) is 11.3 Å². The minimum absolute atomic E-state index is 0.0243. The molecule has 27 heavy (non-hydrogen) atoms. The van der Waals surface area contributed by atoms with E-state index in [4.69, 9.17) is 11.6 Å². The number of amides is 1. The largest absolute Gasteiger partial charge is 0.298 e. The summed E-state index contributed by atoms with van der Waals surface area (Å²) in [6.45, 7) is 0. The Bertz CT molecular complexity index is 1080. The highest BCUT2D eigenvalue weighted by molar-refractivity contribution is 7.89. The zero-order chi connectivity index (χ0) is 19.4. The molecule has 0 fully saturated rings. The average molecular weight is 422 g/mol. The van der Waals surface area contributed by atoms with Gasteiger partial charge in [-0.15, -0.1) is 11.3 Å². The van der Waals surface area contributed by atoms with Gasteiger partial charge in [-0.1, -0.05) is 35.9 Å². The molecule has 0 saturated carbocycles.